The lowest BCUT2D eigenvalue weighted by Crippen LogP contribution is -2.41. The maximum Gasteiger partial charge on any atom is 0.234 e. The van der Waals surface area contributed by atoms with Crippen LogP contribution in [-0.2, 0) is 4.79 Å². The first kappa shape index (κ1) is 14.5. The minimum absolute atomic E-state index is 0.172. The minimum atomic E-state index is 0.172. The number of likely N-dealkylation sites (N-methyl/N-ethyl adjacent to an activating group) is 1. The molecule has 1 aliphatic rings. The zero-order valence-corrected chi connectivity index (χ0v) is 11.7. The molecule has 1 aliphatic carbocycles. The van der Waals surface area contributed by atoms with Gasteiger partial charge in [0.15, 0.2) is 0 Å². The molecule has 0 radical (unpaired) electrons. The molecular formula is C14H28N2O. The van der Waals surface area contributed by atoms with Crippen molar-refractivity contribution in [1.29, 1.82) is 0 Å². The average Bonchev–Trinajstić information content (AvgIpc) is 2.54. The predicted molar refractivity (Wildman–Crippen MR) is 72.0 cm³/mol. The van der Waals surface area contributed by atoms with Crippen molar-refractivity contribution in [2.45, 2.75) is 58.4 Å². The Kier molecular flexibility index (Phi) is 6.56. The van der Waals surface area contributed by atoms with Crippen LogP contribution in [0.25, 0.3) is 0 Å². The Hall–Kier alpha value is -0.570. The van der Waals surface area contributed by atoms with Crippen molar-refractivity contribution < 1.29 is 4.79 Å². The lowest BCUT2D eigenvalue weighted by molar-refractivity contribution is -0.122. The molecule has 1 fully saturated rings. The molecule has 3 nitrogen and oxygen atoms in total. The summed E-state index contributed by atoms with van der Waals surface area (Å²) in [7, 11) is 2.09. The SMILES string of the molecule is CC(C)CNC(=O)CN(C)C1CCCCCC1. The molecule has 1 saturated carbocycles. The van der Waals surface area contributed by atoms with E-state index < -0.39 is 0 Å². The van der Waals surface area contributed by atoms with Crippen LogP contribution in [0.4, 0.5) is 0 Å². The van der Waals surface area contributed by atoms with Gasteiger partial charge in [-0.25, -0.2) is 0 Å². The quantitative estimate of drug-likeness (QED) is 0.749. The number of carbonyl (C=O) groups is 1. The van der Waals surface area contributed by atoms with Crippen molar-refractivity contribution in [3.63, 3.8) is 0 Å². The highest BCUT2D eigenvalue weighted by Gasteiger charge is 2.18. The molecule has 1 amide bonds. The van der Waals surface area contributed by atoms with Crippen LogP contribution >= 0.6 is 0 Å². The second kappa shape index (κ2) is 7.70. The predicted octanol–water partition coefficient (Wildman–Crippen LogP) is 2.41. The van der Waals surface area contributed by atoms with Gasteiger partial charge in [-0.15, -0.1) is 0 Å². The molecule has 0 aromatic heterocycles. The molecule has 0 heterocycles. The first-order chi connectivity index (χ1) is 8.09. The molecule has 0 aromatic rings. The molecule has 0 aromatic carbocycles. The molecule has 0 aliphatic heterocycles. The Morgan fingerprint density at radius 3 is 2.35 bits per heavy atom. The maximum absolute atomic E-state index is 11.7. The summed E-state index contributed by atoms with van der Waals surface area (Å²) in [4.78, 5) is 14.0. The monoisotopic (exact) mass is 240 g/mol. The molecule has 0 unspecified atom stereocenters. The van der Waals surface area contributed by atoms with E-state index in [1.54, 1.807) is 0 Å². The van der Waals surface area contributed by atoms with E-state index in [1.165, 1.54) is 38.5 Å². The van der Waals surface area contributed by atoms with Gasteiger partial charge in [0.05, 0.1) is 6.54 Å². The van der Waals surface area contributed by atoms with Gasteiger partial charge in [-0.2, -0.15) is 0 Å². The van der Waals surface area contributed by atoms with E-state index in [0.29, 0.717) is 18.5 Å². The Balaban J connectivity index is 2.26. The second-order valence-corrected chi connectivity index (χ2v) is 5.76. The van der Waals surface area contributed by atoms with Crippen LogP contribution in [0, 0.1) is 5.92 Å². The summed E-state index contributed by atoms with van der Waals surface area (Å²) in [5, 5.41) is 2.99. The van der Waals surface area contributed by atoms with Crippen molar-refractivity contribution in [3.8, 4) is 0 Å². The topological polar surface area (TPSA) is 32.3 Å². The van der Waals surface area contributed by atoms with E-state index in [0.717, 1.165) is 6.54 Å². The van der Waals surface area contributed by atoms with Gasteiger partial charge in [0.2, 0.25) is 5.91 Å². The lowest BCUT2D eigenvalue weighted by Gasteiger charge is -2.26. The summed E-state index contributed by atoms with van der Waals surface area (Å²) in [6.45, 7) is 5.58. The fraction of sp³-hybridized carbons (Fsp3) is 0.929. The van der Waals surface area contributed by atoms with Crippen molar-refractivity contribution in [1.82, 2.24) is 10.2 Å². The standard InChI is InChI=1S/C14H28N2O/c1-12(2)10-15-14(17)11-16(3)13-8-6-4-5-7-9-13/h12-13H,4-11H2,1-3H3,(H,15,17). The highest BCUT2D eigenvalue weighted by atomic mass is 16.2. The highest BCUT2D eigenvalue weighted by molar-refractivity contribution is 5.77. The van der Waals surface area contributed by atoms with Crippen LogP contribution in [0.15, 0.2) is 0 Å². The van der Waals surface area contributed by atoms with Gasteiger partial charge in [-0.3, -0.25) is 9.69 Å². The smallest absolute Gasteiger partial charge is 0.234 e. The first-order valence-electron chi connectivity index (χ1n) is 7.06. The number of rotatable bonds is 5. The summed E-state index contributed by atoms with van der Waals surface area (Å²) < 4.78 is 0. The van der Waals surface area contributed by atoms with E-state index >= 15 is 0 Å². The Morgan fingerprint density at radius 2 is 1.82 bits per heavy atom. The maximum atomic E-state index is 11.7. The van der Waals surface area contributed by atoms with Crippen LogP contribution < -0.4 is 5.32 Å². The van der Waals surface area contributed by atoms with Crippen molar-refractivity contribution in [3.05, 3.63) is 0 Å². The molecule has 17 heavy (non-hydrogen) atoms. The van der Waals surface area contributed by atoms with Gasteiger partial charge in [0, 0.05) is 12.6 Å². The van der Waals surface area contributed by atoms with Crippen molar-refractivity contribution >= 4 is 5.91 Å². The van der Waals surface area contributed by atoms with E-state index in [4.69, 9.17) is 0 Å². The van der Waals surface area contributed by atoms with E-state index in [1.807, 2.05) is 0 Å². The Morgan fingerprint density at radius 1 is 1.24 bits per heavy atom. The van der Waals surface area contributed by atoms with Crippen LogP contribution in [0.3, 0.4) is 0 Å². The van der Waals surface area contributed by atoms with Crippen molar-refractivity contribution in [2.75, 3.05) is 20.1 Å². The number of nitrogens with zero attached hydrogens (tertiary/aromatic N) is 1. The Bertz CT molecular complexity index is 220. The molecule has 100 valence electrons. The second-order valence-electron chi connectivity index (χ2n) is 5.76. The average molecular weight is 240 g/mol. The number of hydrogen-bond acceptors (Lipinski definition) is 2. The molecule has 0 bridgehead atoms. The molecule has 0 spiro atoms. The third kappa shape index (κ3) is 6.06. The van der Waals surface area contributed by atoms with Crippen LogP contribution in [0.1, 0.15) is 52.4 Å². The van der Waals surface area contributed by atoms with Crippen LogP contribution in [0.5, 0.6) is 0 Å². The summed E-state index contributed by atoms with van der Waals surface area (Å²) in [5.41, 5.74) is 0. The molecule has 0 saturated heterocycles. The molecule has 0 atom stereocenters. The largest absolute Gasteiger partial charge is 0.355 e. The first-order valence-corrected chi connectivity index (χ1v) is 7.06. The lowest BCUT2D eigenvalue weighted by atomic mass is 10.1. The van der Waals surface area contributed by atoms with E-state index in [9.17, 15) is 4.79 Å². The zero-order valence-electron chi connectivity index (χ0n) is 11.7. The van der Waals surface area contributed by atoms with Gasteiger partial charge in [0.1, 0.15) is 0 Å². The van der Waals surface area contributed by atoms with Crippen LogP contribution in [0.2, 0.25) is 0 Å². The minimum Gasteiger partial charge on any atom is -0.355 e. The highest BCUT2D eigenvalue weighted by Crippen LogP contribution is 2.20. The summed E-state index contributed by atoms with van der Waals surface area (Å²) >= 11 is 0. The number of nitrogens with one attached hydrogen (secondary N) is 1. The summed E-state index contributed by atoms with van der Waals surface area (Å²) in [6.07, 6.45) is 7.89. The third-order valence-electron chi connectivity index (χ3n) is 3.55. The number of amides is 1. The Labute approximate surface area is 106 Å². The fourth-order valence-electron chi connectivity index (χ4n) is 2.43. The van der Waals surface area contributed by atoms with E-state index in [2.05, 4.69) is 31.1 Å². The van der Waals surface area contributed by atoms with Gasteiger partial charge >= 0.3 is 0 Å². The molecule has 1 rings (SSSR count). The zero-order chi connectivity index (χ0) is 12.7. The summed E-state index contributed by atoms with van der Waals surface area (Å²) in [5.74, 6) is 0.701. The van der Waals surface area contributed by atoms with Gasteiger partial charge in [0.25, 0.3) is 0 Å². The third-order valence-corrected chi connectivity index (χ3v) is 3.55. The normalized spacial score (nSPS) is 18.4. The van der Waals surface area contributed by atoms with Crippen molar-refractivity contribution in [2.24, 2.45) is 5.92 Å². The van der Waals surface area contributed by atoms with Gasteiger partial charge in [-0.05, 0) is 25.8 Å². The summed E-state index contributed by atoms with van der Waals surface area (Å²) in [6, 6.07) is 0.613. The number of hydrogen-bond donors (Lipinski definition) is 1. The molecule has 3 heteroatoms. The number of carbonyl (C=O) groups excluding carboxylic acids is 1. The van der Waals surface area contributed by atoms with Gasteiger partial charge in [-0.1, -0.05) is 39.5 Å². The van der Waals surface area contributed by atoms with Crippen LogP contribution in [-0.4, -0.2) is 37.0 Å². The molecular weight excluding hydrogens is 212 g/mol. The molecule has 1 N–H and O–H groups in total. The van der Waals surface area contributed by atoms with E-state index in [-0.39, 0.29) is 5.91 Å². The fourth-order valence-corrected chi connectivity index (χ4v) is 2.43. The van der Waals surface area contributed by atoms with Gasteiger partial charge < -0.3 is 5.32 Å².